The normalized spacial score (nSPS) is 16.6. The Morgan fingerprint density at radius 2 is 2.12 bits per heavy atom. The van der Waals surface area contributed by atoms with Gasteiger partial charge in [-0.1, -0.05) is 49.5 Å². The van der Waals surface area contributed by atoms with E-state index in [4.69, 9.17) is 4.74 Å². The number of benzene rings is 1. The number of carbonyl (C=O) groups excluding carboxylic acids is 1. The molecule has 0 bridgehead atoms. The predicted molar refractivity (Wildman–Crippen MR) is 103 cm³/mol. The highest BCUT2D eigenvalue weighted by Crippen LogP contribution is 2.27. The molecule has 1 aliphatic carbocycles. The van der Waals surface area contributed by atoms with Crippen LogP contribution in [0.25, 0.3) is 10.2 Å². The first-order valence-electron chi connectivity index (χ1n) is 9.34. The molecule has 2 aromatic rings. The number of nitrogens with zero attached hydrogens (tertiary/aromatic N) is 2. The first-order chi connectivity index (χ1) is 12.2. The molecule has 0 aliphatic heterocycles. The molecule has 4 nitrogen and oxygen atoms in total. The Labute approximate surface area is 153 Å². The van der Waals surface area contributed by atoms with E-state index in [0.717, 1.165) is 22.7 Å². The maximum Gasteiger partial charge on any atom is 0.248 e. The largest absolute Gasteiger partial charge is 0.383 e. The van der Waals surface area contributed by atoms with Gasteiger partial charge in [0.05, 0.1) is 16.8 Å². The first kappa shape index (κ1) is 18.3. The highest BCUT2D eigenvalue weighted by molar-refractivity contribution is 7.16. The third-order valence-electron chi connectivity index (χ3n) is 5.07. The second-order valence-electron chi connectivity index (χ2n) is 7.05. The third-order valence-corrected chi connectivity index (χ3v) is 6.11. The van der Waals surface area contributed by atoms with Gasteiger partial charge in [-0.3, -0.25) is 4.79 Å². The monoisotopic (exact) mass is 360 g/mol. The van der Waals surface area contributed by atoms with Gasteiger partial charge >= 0.3 is 0 Å². The first-order valence-corrected chi connectivity index (χ1v) is 10.2. The fourth-order valence-electron chi connectivity index (χ4n) is 3.63. The van der Waals surface area contributed by atoms with Gasteiger partial charge in [-0.15, -0.1) is 0 Å². The lowest BCUT2D eigenvalue weighted by molar-refractivity contribution is -0.118. The molecule has 0 unspecified atom stereocenters. The topological polar surface area (TPSA) is 43.6 Å². The summed E-state index contributed by atoms with van der Waals surface area (Å²) in [5, 5.41) is 0. The van der Waals surface area contributed by atoms with Crippen LogP contribution in [-0.2, 0) is 16.1 Å². The molecule has 0 N–H and O–H groups in total. The summed E-state index contributed by atoms with van der Waals surface area (Å²) in [5.41, 5.74) is 2.36. The van der Waals surface area contributed by atoms with Crippen LogP contribution in [0.2, 0.25) is 0 Å². The molecule has 1 amide bonds. The van der Waals surface area contributed by atoms with E-state index in [-0.39, 0.29) is 5.91 Å². The number of hydrogen-bond donors (Lipinski definition) is 0. The Kier molecular flexibility index (Phi) is 6.43. The Morgan fingerprint density at radius 1 is 1.32 bits per heavy atom. The lowest BCUT2D eigenvalue weighted by Crippen LogP contribution is -2.19. The molecule has 136 valence electrons. The molecule has 1 fully saturated rings. The van der Waals surface area contributed by atoms with Crippen molar-refractivity contribution < 1.29 is 9.53 Å². The molecule has 1 aliphatic rings. The van der Waals surface area contributed by atoms with Crippen LogP contribution in [-0.4, -0.2) is 24.2 Å². The van der Waals surface area contributed by atoms with E-state index >= 15 is 0 Å². The predicted octanol–water partition coefficient (Wildman–Crippen LogP) is 4.45. The maximum atomic E-state index is 12.4. The van der Waals surface area contributed by atoms with Crippen LogP contribution in [0.1, 0.15) is 50.5 Å². The number of rotatable bonds is 6. The van der Waals surface area contributed by atoms with Crippen LogP contribution in [0.15, 0.2) is 23.2 Å². The van der Waals surface area contributed by atoms with Gasteiger partial charge in [-0.2, -0.15) is 4.99 Å². The van der Waals surface area contributed by atoms with Crippen LogP contribution in [0.3, 0.4) is 0 Å². The highest BCUT2D eigenvalue weighted by Gasteiger charge is 2.15. The number of hydrogen-bond acceptors (Lipinski definition) is 3. The summed E-state index contributed by atoms with van der Waals surface area (Å²) in [6, 6.07) is 6.38. The van der Waals surface area contributed by atoms with Gasteiger partial charge in [-0.05, 0) is 37.0 Å². The number of methoxy groups -OCH3 is 1. The summed E-state index contributed by atoms with van der Waals surface area (Å²) in [7, 11) is 1.70. The van der Waals surface area contributed by atoms with Crippen molar-refractivity contribution in [3.8, 4) is 0 Å². The second-order valence-corrected chi connectivity index (χ2v) is 8.06. The highest BCUT2D eigenvalue weighted by atomic mass is 32.1. The molecule has 1 heterocycles. The Bertz CT molecular complexity index is 785. The van der Waals surface area contributed by atoms with E-state index in [1.54, 1.807) is 18.4 Å². The molecule has 25 heavy (non-hydrogen) atoms. The smallest absolute Gasteiger partial charge is 0.248 e. The third kappa shape index (κ3) is 4.79. The summed E-state index contributed by atoms with van der Waals surface area (Å²) >= 11 is 1.60. The summed E-state index contributed by atoms with van der Waals surface area (Å²) in [6.45, 7) is 3.42. The summed E-state index contributed by atoms with van der Waals surface area (Å²) < 4.78 is 8.52. The number of amides is 1. The van der Waals surface area contributed by atoms with E-state index < -0.39 is 0 Å². The number of thiazole rings is 1. The number of aryl methyl sites for hydroxylation is 1. The SMILES string of the molecule is COCCn1c(=NC(=O)CCC2CCCCC2)sc2cc(C)ccc21. The van der Waals surface area contributed by atoms with E-state index in [0.29, 0.717) is 19.6 Å². The fourth-order valence-corrected chi connectivity index (χ4v) is 4.80. The van der Waals surface area contributed by atoms with Crippen molar-refractivity contribution >= 4 is 27.5 Å². The lowest BCUT2D eigenvalue weighted by atomic mass is 9.86. The summed E-state index contributed by atoms with van der Waals surface area (Å²) in [6.07, 6.45) is 8.13. The molecule has 5 heteroatoms. The Hall–Kier alpha value is -1.46. The van der Waals surface area contributed by atoms with Crippen LogP contribution in [0.5, 0.6) is 0 Å². The zero-order valence-corrected chi connectivity index (χ0v) is 16.1. The Morgan fingerprint density at radius 3 is 2.88 bits per heavy atom. The molecular formula is C20H28N2O2S. The molecule has 1 aromatic heterocycles. The van der Waals surface area contributed by atoms with Gasteiger partial charge in [0.25, 0.3) is 0 Å². The molecule has 0 atom stereocenters. The van der Waals surface area contributed by atoms with Crippen molar-refractivity contribution in [2.75, 3.05) is 13.7 Å². The van der Waals surface area contributed by atoms with Gasteiger partial charge in [0.1, 0.15) is 0 Å². The van der Waals surface area contributed by atoms with Crippen LogP contribution < -0.4 is 4.80 Å². The van der Waals surface area contributed by atoms with Gasteiger partial charge in [0.2, 0.25) is 5.91 Å². The van der Waals surface area contributed by atoms with E-state index in [1.807, 2.05) is 0 Å². The van der Waals surface area contributed by atoms with Gasteiger partial charge in [0.15, 0.2) is 4.80 Å². The van der Waals surface area contributed by atoms with Crippen molar-refractivity contribution in [2.45, 2.75) is 58.4 Å². The van der Waals surface area contributed by atoms with Crippen molar-refractivity contribution in [1.29, 1.82) is 0 Å². The van der Waals surface area contributed by atoms with Gasteiger partial charge in [0, 0.05) is 20.1 Å². The lowest BCUT2D eigenvalue weighted by Gasteiger charge is -2.20. The number of aromatic nitrogens is 1. The van der Waals surface area contributed by atoms with Crippen LogP contribution in [0.4, 0.5) is 0 Å². The van der Waals surface area contributed by atoms with Gasteiger partial charge in [-0.25, -0.2) is 0 Å². The van der Waals surface area contributed by atoms with E-state index in [2.05, 4.69) is 34.7 Å². The average molecular weight is 361 g/mol. The summed E-state index contributed by atoms with van der Waals surface area (Å²) in [4.78, 5) is 17.7. The molecule has 1 aromatic carbocycles. The summed E-state index contributed by atoms with van der Waals surface area (Å²) in [5.74, 6) is 0.735. The number of carbonyl (C=O) groups is 1. The van der Waals surface area contributed by atoms with Crippen LogP contribution in [0, 0.1) is 12.8 Å². The minimum Gasteiger partial charge on any atom is -0.383 e. The second kappa shape index (κ2) is 8.77. The van der Waals surface area contributed by atoms with Crippen molar-refractivity contribution in [3.05, 3.63) is 28.6 Å². The molecule has 0 radical (unpaired) electrons. The zero-order chi connectivity index (χ0) is 17.6. The fraction of sp³-hybridized carbons (Fsp3) is 0.600. The number of fused-ring (bicyclic) bond motifs is 1. The number of ether oxygens (including phenoxy) is 1. The Balaban J connectivity index is 1.79. The van der Waals surface area contributed by atoms with E-state index in [1.165, 1.54) is 42.4 Å². The molecule has 0 saturated heterocycles. The standard InChI is InChI=1S/C20H28N2O2S/c1-15-8-10-17-18(14-15)25-20(22(17)12-13-24-2)21-19(23)11-9-16-6-4-3-5-7-16/h8,10,14,16H,3-7,9,11-13H2,1-2H3. The molecular weight excluding hydrogens is 332 g/mol. The van der Waals surface area contributed by atoms with E-state index in [9.17, 15) is 4.79 Å². The minimum atomic E-state index is 0.0139. The van der Waals surface area contributed by atoms with Gasteiger partial charge < -0.3 is 9.30 Å². The molecule has 3 rings (SSSR count). The average Bonchev–Trinajstić information content (AvgIpc) is 2.95. The quantitative estimate of drug-likeness (QED) is 0.764. The zero-order valence-electron chi connectivity index (χ0n) is 15.3. The molecule has 0 spiro atoms. The van der Waals surface area contributed by atoms with Crippen LogP contribution >= 0.6 is 11.3 Å². The maximum absolute atomic E-state index is 12.4. The minimum absolute atomic E-state index is 0.0139. The van der Waals surface area contributed by atoms with Crippen molar-refractivity contribution in [1.82, 2.24) is 4.57 Å². The van der Waals surface area contributed by atoms with Crippen molar-refractivity contribution in [2.24, 2.45) is 10.9 Å². The molecule has 1 saturated carbocycles. The van der Waals surface area contributed by atoms with Crippen molar-refractivity contribution in [3.63, 3.8) is 0 Å².